The van der Waals surface area contributed by atoms with Crippen LogP contribution >= 0.6 is 15.9 Å². The Kier molecular flexibility index (Phi) is 10.4. The molecule has 42 heavy (non-hydrogen) atoms. The Morgan fingerprint density at radius 3 is 2.38 bits per heavy atom. The van der Waals surface area contributed by atoms with Gasteiger partial charge in [0.2, 0.25) is 0 Å². The number of carbonyl (C=O) groups excluding carboxylic acids is 1. The van der Waals surface area contributed by atoms with E-state index in [0.29, 0.717) is 40.3 Å². The van der Waals surface area contributed by atoms with Crippen LogP contribution in [0.2, 0.25) is 0 Å². The second-order valence-corrected chi connectivity index (χ2v) is 12.1. The predicted octanol–water partition coefficient (Wildman–Crippen LogP) is 6.25. The van der Waals surface area contributed by atoms with Crippen molar-refractivity contribution in [2.45, 2.75) is 31.8 Å². The van der Waals surface area contributed by atoms with E-state index in [-0.39, 0.29) is 4.90 Å². The van der Waals surface area contributed by atoms with Gasteiger partial charge in [0.15, 0.2) is 11.5 Å². The molecule has 0 fully saturated rings. The van der Waals surface area contributed by atoms with Gasteiger partial charge in [-0.25, -0.2) is 13.8 Å². The number of benzene rings is 4. The number of carbonyl (C=O) groups is 1. The summed E-state index contributed by atoms with van der Waals surface area (Å²) in [7, 11) is -2.50. The number of hydrazone groups is 1. The molecule has 0 spiro atoms. The van der Waals surface area contributed by atoms with E-state index in [1.165, 1.54) is 13.3 Å². The number of methoxy groups -OCH3 is 1. The third kappa shape index (κ3) is 7.57. The molecule has 0 radical (unpaired) electrons. The van der Waals surface area contributed by atoms with Crippen LogP contribution in [0.4, 0.5) is 5.69 Å². The number of anilines is 1. The number of halogens is 1. The van der Waals surface area contributed by atoms with Crippen LogP contribution in [0.5, 0.6) is 11.5 Å². The van der Waals surface area contributed by atoms with Crippen molar-refractivity contribution >= 4 is 43.8 Å². The van der Waals surface area contributed by atoms with Crippen LogP contribution in [0.1, 0.15) is 29.2 Å². The van der Waals surface area contributed by atoms with Crippen molar-refractivity contribution in [1.82, 2.24) is 5.43 Å². The molecule has 0 aliphatic rings. The molecule has 0 aliphatic heterocycles. The summed E-state index contributed by atoms with van der Waals surface area (Å²) in [4.78, 5) is 13.1. The van der Waals surface area contributed by atoms with E-state index in [0.717, 1.165) is 21.0 Å². The zero-order chi connectivity index (χ0) is 30.1. The number of sulfonamides is 1. The maximum absolute atomic E-state index is 13.7. The van der Waals surface area contributed by atoms with Crippen LogP contribution in [-0.4, -0.2) is 34.2 Å². The van der Waals surface area contributed by atoms with Crippen molar-refractivity contribution in [3.8, 4) is 11.5 Å². The summed E-state index contributed by atoms with van der Waals surface area (Å²) in [5.74, 6) is 0.426. The van der Waals surface area contributed by atoms with Gasteiger partial charge >= 0.3 is 0 Å². The lowest BCUT2D eigenvalue weighted by Crippen LogP contribution is -2.40. The zero-order valence-corrected chi connectivity index (χ0v) is 26.0. The Morgan fingerprint density at radius 2 is 1.69 bits per heavy atom. The Morgan fingerprint density at radius 1 is 1.00 bits per heavy atom. The number of rotatable bonds is 12. The summed E-state index contributed by atoms with van der Waals surface area (Å²) < 4.78 is 40.7. The van der Waals surface area contributed by atoms with Gasteiger partial charge in [0.05, 0.1) is 28.4 Å². The quantitative estimate of drug-likeness (QED) is 0.144. The van der Waals surface area contributed by atoms with Gasteiger partial charge < -0.3 is 9.47 Å². The molecule has 8 nitrogen and oxygen atoms in total. The van der Waals surface area contributed by atoms with Crippen LogP contribution in [0, 0.1) is 6.92 Å². The van der Waals surface area contributed by atoms with E-state index in [1.54, 1.807) is 48.5 Å². The summed E-state index contributed by atoms with van der Waals surface area (Å²) in [5.41, 5.74) is 6.28. The van der Waals surface area contributed by atoms with Crippen molar-refractivity contribution in [3.63, 3.8) is 0 Å². The molecule has 0 aromatic heterocycles. The smallest absolute Gasteiger partial charge is 0.264 e. The first kappa shape index (κ1) is 30.8. The van der Waals surface area contributed by atoms with Gasteiger partial charge in [-0.15, -0.1) is 0 Å². The lowest BCUT2D eigenvalue weighted by Gasteiger charge is -2.25. The van der Waals surface area contributed by atoms with E-state index in [2.05, 4.69) is 26.5 Å². The molecule has 218 valence electrons. The average Bonchev–Trinajstić information content (AvgIpc) is 2.99. The number of para-hydroxylation sites is 1. The number of aryl methyl sites for hydroxylation is 2. The Hall–Kier alpha value is -4.15. The highest BCUT2D eigenvalue weighted by Gasteiger charge is 2.28. The largest absolute Gasteiger partial charge is 0.493 e. The van der Waals surface area contributed by atoms with Crippen LogP contribution in [0.15, 0.2) is 105 Å². The molecular weight excluding hydrogens is 618 g/mol. The van der Waals surface area contributed by atoms with Crippen LogP contribution in [0.25, 0.3) is 0 Å². The summed E-state index contributed by atoms with van der Waals surface area (Å²) in [6, 6.07) is 27.0. The summed E-state index contributed by atoms with van der Waals surface area (Å²) in [6.07, 6.45) is 2.04. The zero-order valence-electron chi connectivity index (χ0n) is 23.6. The number of nitrogens with one attached hydrogen (secondary N) is 1. The van der Waals surface area contributed by atoms with Crippen molar-refractivity contribution in [1.29, 1.82) is 0 Å². The Labute approximate surface area is 255 Å². The standard InChI is InChI=1S/C32H32BrN3O5S/c1-4-26-12-8-9-13-29(26)36(42(38,39)27-16-14-23(2)15-17-27)21-31(37)35-34-20-25-18-28(33)32(30(19-25)40-3)41-22-24-10-6-5-7-11-24/h5-20H,4,21-22H2,1-3H3,(H,35,37)/b34-20-. The molecule has 4 aromatic rings. The number of hydrogen-bond donors (Lipinski definition) is 1. The fourth-order valence-corrected chi connectivity index (χ4v) is 6.25. The molecule has 1 amide bonds. The minimum atomic E-state index is -4.04. The minimum absolute atomic E-state index is 0.0989. The van der Waals surface area contributed by atoms with Crippen molar-refractivity contribution in [2.24, 2.45) is 5.10 Å². The monoisotopic (exact) mass is 649 g/mol. The van der Waals surface area contributed by atoms with Gasteiger partial charge in [-0.05, 0) is 76.3 Å². The van der Waals surface area contributed by atoms with Gasteiger partial charge in [0, 0.05) is 0 Å². The van der Waals surface area contributed by atoms with Crippen molar-refractivity contribution in [3.05, 3.63) is 118 Å². The number of hydrogen-bond acceptors (Lipinski definition) is 6. The summed E-state index contributed by atoms with van der Waals surface area (Å²) >= 11 is 3.53. The predicted molar refractivity (Wildman–Crippen MR) is 169 cm³/mol. The van der Waals surface area contributed by atoms with Crippen LogP contribution < -0.4 is 19.2 Å². The molecule has 0 heterocycles. The normalized spacial score (nSPS) is 11.3. The summed E-state index contributed by atoms with van der Waals surface area (Å²) in [5, 5.41) is 4.07. The molecular formula is C32H32BrN3O5S. The van der Waals surface area contributed by atoms with Crippen LogP contribution in [-0.2, 0) is 27.8 Å². The lowest BCUT2D eigenvalue weighted by atomic mass is 10.1. The average molecular weight is 651 g/mol. The van der Waals surface area contributed by atoms with Gasteiger partial charge in [-0.3, -0.25) is 9.10 Å². The fraction of sp³-hybridized carbons (Fsp3) is 0.188. The van der Waals surface area contributed by atoms with Gasteiger partial charge in [-0.1, -0.05) is 73.2 Å². The van der Waals surface area contributed by atoms with E-state index in [4.69, 9.17) is 9.47 Å². The lowest BCUT2D eigenvalue weighted by molar-refractivity contribution is -0.119. The second kappa shape index (κ2) is 14.2. The molecule has 4 aromatic carbocycles. The van der Waals surface area contributed by atoms with Gasteiger partial charge in [0.1, 0.15) is 13.2 Å². The molecule has 1 N–H and O–H groups in total. The molecule has 0 bridgehead atoms. The Bertz CT molecular complexity index is 1660. The maximum Gasteiger partial charge on any atom is 0.264 e. The van der Waals surface area contributed by atoms with E-state index >= 15 is 0 Å². The third-order valence-electron chi connectivity index (χ3n) is 6.42. The van der Waals surface area contributed by atoms with Crippen molar-refractivity contribution < 1.29 is 22.7 Å². The highest BCUT2D eigenvalue weighted by atomic mass is 79.9. The molecule has 0 aliphatic carbocycles. The first-order valence-electron chi connectivity index (χ1n) is 13.3. The second-order valence-electron chi connectivity index (χ2n) is 9.41. The van der Waals surface area contributed by atoms with Gasteiger partial charge in [-0.2, -0.15) is 5.10 Å². The Balaban J connectivity index is 1.51. The molecule has 0 saturated heterocycles. The first-order chi connectivity index (χ1) is 20.2. The maximum atomic E-state index is 13.7. The molecule has 10 heteroatoms. The first-order valence-corrected chi connectivity index (χ1v) is 15.5. The highest BCUT2D eigenvalue weighted by Crippen LogP contribution is 2.37. The van der Waals surface area contributed by atoms with Crippen molar-refractivity contribution in [2.75, 3.05) is 18.0 Å². The summed E-state index contributed by atoms with van der Waals surface area (Å²) in [6.45, 7) is 3.72. The van der Waals surface area contributed by atoms with E-state index in [9.17, 15) is 13.2 Å². The van der Waals surface area contributed by atoms with Crippen LogP contribution in [0.3, 0.4) is 0 Å². The molecule has 0 atom stereocenters. The third-order valence-corrected chi connectivity index (χ3v) is 8.78. The van der Waals surface area contributed by atoms with E-state index in [1.807, 2.05) is 56.3 Å². The van der Waals surface area contributed by atoms with E-state index < -0.39 is 22.5 Å². The SMILES string of the molecule is CCc1ccccc1N(CC(=O)N/N=C\c1cc(Br)c(OCc2ccccc2)c(OC)c1)S(=O)(=O)c1ccc(C)cc1. The number of amides is 1. The molecule has 4 rings (SSSR count). The molecule has 0 saturated carbocycles. The fourth-order valence-electron chi connectivity index (χ4n) is 4.22. The topological polar surface area (TPSA) is 97.3 Å². The number of ether oxygens (including phenoxy) is 2. The highest BCUT2D eigenvalue weighted by molar-refractivity contribution is 9.10. The van der Waals surface area contributed by atoms with Gasteiger partial charge in [0.25, 0.3) is 15.9 Å². The number of nitrogens with zero attached hydrogens (tertiary/aromatic N) is 2. The minimum Gasteiger partial charge on any atom is -0.493 e. The molecule has 0 unspecified atom stereocenters.